The minimum Gasteiger partial charge on any atom is -0.357 e. The van der Waals surface area contributed by atoms with Gasteiger partial charge in [-0.2, -0.15) is 0 Å². The van der Waals surface area contributed by atoms with E-state index in [0.717, 1.165) is 50.4 Å². The molecule has 5 nitrogen and oxygen atoms in total. The Morgan fingerprint density at radius 1 is 1.14 bits per heavy atom. The predicted molar refractivity (Wildman–Crippen MR) is 92.1 cm³/mol. The topological polar surface area (TPSA) is 70.6 Å². The molecule has 0 aliphatic carbocycles. The highest BCUT2D eigenvalue weighted by Crippen LogP contribution is 2.10. The number of sulfone groups is 1. The summed E-state index contributed by atoms with van der Waals surface area (Å²) in [6.07, 6.45) is 4.26. The van der Waals surface area contributed by atoms with Crippen molar-refractivity contribution in [3.8, 4) is 0 Å². The van der Waals surface area contributed by atoms with Gasteiger partial charge in [-0.1, -0.05) is 25.5 Å². The predicted octanol–water partition coefficient (Wildman–Crippen LogP) is 1.99. The third kappa shape index (κ3) is 6.93. The number of hydrogen-bond donors (Lipinski definition) is 2. The molecule has 0 aromatic heterocycles. The Morgan fingerprint density at radius 2 is 1.82 bits per heavy atom. The third-order valence-corrected chi connectivity index (χ3v) is 4.31. The van der Waals surface area contributed by atoms with Crippen molar-refractivity contribution in [2.45, 2.75) is 38.0 Å². The molecule has 0 aliphatic rings. The number of hydrogen-bond acceptors (Lipinski definition) is 3. The fourth-order valence-electron chi connectivity index (χ4n) is 1.92. The summed E-state index contributed by atoms with van der Waals surface area (Å²) in [5, 5.41) is 6.51. The number of nitrogens with zero attached hydrogens (tertiary/aromatic N) is 1. The maximum absolute atomic E-state index is 11.4. The molecule has 0 unspecified atom stereocenters. The highest BCUT2D eigenvalue weighted by atomic mass is 32.2. The zero-order valence-electron chi connectivity index (χ0n) is 13.7. The van der Waals surface area contributed by atoms with Crippen molar-refractivity contribution in [1.29, 1.82) is 0 Å². The number of nitrogens with one attached hydrogen (secondary N) is 2. The quantitative estimate of drug-likeness (QED) is 0.436. The smallest absolute Gasteiger partial charge is 0.191 e. The van der Waals surface area contributed by atoms with Crippen molar-refractivity contribution in [2.24, 2.45) is 4.99 Å². The second-order valence-corrected chi connectivity index (χ2v) is 7.22. The van der Waals surface area contributed by atoms with Gasteiger partial charge in [-0.3, -0.25) is 4.99 Å². The SMILES string of the molecule is CCCCN=C(NCC)NCCc1ccc(S(C)(=O)=O)cc1. The molecular weight excluding hydrogens is 298 g/mol. The molecule has 0 saturated heterocycles. The van der Waals surface area contributed by atoms with Gasteiger partial charge in [0.25, 0.3) is 0 Å². The molecule has 1 aromatic rings. The number of benzene rings is 1. The van der Waals surface area contributed by atoms with E-state index in [1.165, 1.54) is 6.26 Å². The van der Waals surface area contributed by atoms with Crippen molar-refractivity contribution >= 4 is 15.8 Å². The van der Waals surface area contributed by atoms with Crippen LogP contribution >= 0.6 is 0 Å². The van der Waals surface area contributed by atoms with E-state index in [0.29, 0.717) is 4.90 Å². The van der Waals surface area contributed by atoms with Crippen molar-refractivity contribution in [3.05, 3.63) is 29.8 Å². The van der Waals surface area contributed by atoms with Crippen molar-refractivity contribution in [1.82, 2.24) is 10.6 Å². The first kappa shape index (κ1) is 18.5. The molecule has 2 N–H and O–H groups in total. The summed E-state index contributed by atoms with van der Waals surface area (Å²) >= 11 is 0. The number of aliphatic imine (C=N–C) groups is 1. The second kappa shape index (κ2) is 9.46. The van der Waals surface area contributed by atoms with Gasteiger partial charge in [-0.25, -0.2) is 8.42 Å². The summed E-state index contributed by atoms with van der Waals surface area (Å²) in [5.41, 5.74) is 1.10. The Hall–Kier alpha value is -1.56. The molecule has 0 amide bonds. The Labute approximate surface area is 134 Å². The second-order valence-electron chi connectivity index (χ2n) is 5.21. The maximum atomic E-state index is 11.4. The van der Waals surface area contributed by atoms with Gasteiger partial charge in [0.2, 0.25) is 0 Å². The van der Waals surface area contributed by atoms with E-state index in [-0.39, 0.29) is 0 Å². The van der Waals surface area contributed by atoms with Crippen LogP contribution < -0.4 is 10.6 Å². The van der Waals surface area contributed by atoms with Crippen LogP contribution in [0.2, 0.25) is 0 Å². The monoisotopic (exact) mass is 325 g/mol. The highest BCUT2D eigenvalue weighted by molar-refractivity contribution is 7.90. The molecule has 0 heterocycles. The first-order valence-corrected chi connectivity index (χ1v) is 9.67. The molecule has 0 aliphatic heterocycles. The molecule has 124 valence electrons. The Bertz CT molecular complexity index is 566. The van der Waals surface area contributed by atoms with E-state index >= 15 is 0 Å². The Kier molecular flexibility index (Phi) is 7.95. The summed E-state index contributed by atoms with van der Waals surface area (Å²) < 4.78 is 22.8. The van der Waals surface area contributed by atoms with E-state index in [2.05, 4.69) is 22.5 Å². The molecule has 0 bridgehead atoms. The van der Waals surface area contributed by atoms with Gasteiger partial charge in [-0.15, -0.1) is 0 Å². The largest absolute Gasteiger partial charge is 0.357 e. The van der Waals surface area contributed by atoms with Gasteiger partial charge >= 0.3 is 0 Å². The van der Waals surface area contributed by atoms with Crippen LogP contribution in [-0.4, -0.2) is 40.3 Å². The third-order valence-electron chi connectivity index (χ3n) is 3.18. The first-order valence-electron chi connectivity index (χ1n) is 7.78. The molecule has 0 spiro atoms. The van der Waals surface area contributed by atoms with Crippen LogP contribution in [0, 0.1) is 0 Å². The molecule has 0 fully saturated rings. The first-order chi connectivity index (χ1) is 10.5. The molecule has 0 radical (unpaired) electrons. The lowest BCUT2D eigenvalue weighted by Gasteiger charge is -2.11. The zero-order chi connectivity index (χ0) is 16.4. The molecule has 0 atom stereocenters. The lowest BCUT2D eigenvalue weighted by molar-refractivity contribution is 0.602. The van der Waals surface area contributed by atoms with Gasteiger partial charge in [0.05, 0.1) is 4.90 Å². The highest BCUT2D eigenvalue weighted by Gasteiger charge is 2.06. The van der Waals surface area contributed by atoms with Crippen LogP contribution in [0.15, 0.2) is 34.2 Å². The van der Waals surface area contributed by atoms with Gasteiger partial charge in [-0.05, 0) is 37.5 Å². The summed E-state index contributed by atoms with van der Waals surface area (Å²) in [6, 6.07) is 7.04. The fourth-order valence-corrected chi connectivity index (χ4v) is 2.55. The molecular formula is C16H27N3O2S. The molecule has 0 saturated carbocycles. The zero-order valence-corrected chi connectivity index (χ0v) is 14.5. The van der Waals surface area contributed by atoms with E-state index in [1.54, 1.807) is 12.1 Å². The molecule has 1 rings (SSSR count). The Balaban J connectivity index is 2.49. The van der Waals surface area contributed by atoms with E-state index in [9.17, 15) is 8.42 Å². The standard InChI is InChI=1S/C16H27N3O2S/c1-4-6-12-18-16(17-5-2)19-13-11-14-7-9-15(10-8-14)22(3,20)21/h7-10H,4-6,11-13H2,1-3H3,(H2,17,18,19). The minimum absolute atomic E-state index is 0.360. The molecule has 22 heavy (non-hydrogen) atoms. The molecule has 1 aromatic carbocycles. The summed E-state index contributed by atoms with van der Waals surface area (Å²) in [4.78, 5) is 4.86. The lowest BCUT2D eigenvalue weighted by Crippen LogP contribution is -2.38. The minimum atomic E-state index is -3.12. The van der Waals surface area contributed by atoms with Crippen molar-refractivity contribution < 1.29 is 8.42 Å². The van der Waals surface area contributed by atoms with E-state index < -0.39 is 9.84 Å². The summed E-state index contributed by atoms with van der Waals surface area (Å²) in [7, 11) is -3.12. The van der Waals surface area contributed by atoms with Crippen LogP contribution in [0.3, 0.4) is 0 Å². The van der Waals surface area contributed by atoms with Gasteiger partial charge in [0, 0.05) is 25.9 Å². The van der Waals surface area contributed by atoms with Crippen LogP contribution in [0.5, 0.6) is 0 Å². The van der Waals surface area contributed by atoms with Crippen LogP contribution in [0.25, 0.3) is 0 Å². The number of rotatable bonds is 8. The average Bonchev–Trinajstić information content (AvgIpc) is 2.47. The van der Waals surface area contributed by atoms with Gasteiger partial charge in [0.15, 0.2) is 15.8 Å². The normalized spacial score (nSPS) is 12.2. The van der Waals surface area contributed by atoms with Crippen LogP contribution in [0.1, 0.15) is 32.3 Å². The lowest BCUT2D eigenvalue weighted by atomic mass is 10.1. The fraction of sp³-hybridized carbons (Fsp3) is 0.562. The van der Waals surface area contributed by atoms with Crippen LogP contribution in [-0.2, 0) is 16.3 Å². The van der Waals surface area contributed by atoms with Crippen molar-refractivity contribution in [2.75, 3.05) is 25.9 Å². The number of guanidine groups is 1. The van der Waals surface area contributed by atoms with Crippen LogP contribution in [0.4, 0.5) is 0 Å². The van der Waals surface area contributed by atoms with E-state index in [1.807, 2.05) is 19.1 Å². The van der Waals surface area contributed by atoms with Crippen molar-refractivity contribution in [3.63, 3.8) is 0 Å². The van der Waals surface area contributed by atoms with Gasteiger partial charge in [0.1, 0.15) is 0 Å². The average molecular weight is 325 g/mol. The summed E-state index contributed by atoms with van der Waals surface area (Å²) in [5.74, 6) is 0.837. The Morgan fingerprint density at radius 3 is 2.36 bits per heavy atom. The maximum Gasteiger partial charge on any atom is 0.191 e. The molecule has 6 heteroatoms. The number of unbranched alkanes of at least 4 members (excludes halogenated alkanes) is 1. The van der Waals surface area contributed by atoms with Gasteiger partial charge < -0.3 is 10.6 Å². The van der Waals surface area contributed by atoms with E-state index in [4.69, 9.17) is 0 Å². The summed E-state index contributed by atoms with van der Waals surface area (Å²) in [6.45, 7) is 6.61.